The zero-order valence-electron chi connectivity index (χ0n) is 13.8. The maximum absolute atomic E-state index is 13.1. The number of anilines is 2. The maximum atomic E-state index is 13.1. The highest BCUT2D eigenvalue weighted by molar-refractivity contribution is 6.31. The lowest BCUT2D eigenvalue weighted by Crippen LogP contribution is -2.45. The van der Waals surface area contributed by atoms with Gasteiger partial charge in [0.2, 0.25) is 0 Å². The number of fused-ring (bicyclic) bond motifs is 1. The second-order valence-corrected chi connectivity index (χ2v) is 6.94. The molecule has 124 valence electrons. The van der Waals surface area contributed by atoms with Crippen molar-refractivity contribution in [1.29, 1.82) is 0 Å². The van der Waals surface area contributed by atoms with E-state index in [1.54, 1.807) is 0 Å². The van der Waals surface area contributed by atoms with Crippen molar-refractivity contribution in [2.24, 2.45) is 0 Å². The quantitative estimate of drug-likeness (QED) is 0.839. The number of rotatable bonds is 2. The molecule has 1 fully saturated rings. The Balaban J connectivity index is 1.76. The van der Waals surface area contributed by atoms with Crippen molar-refractivity contribution in [3.8, 4) is 0 Å². The first-order valence-electron chi connectivity index (χ1n) is 8.23. The van der Waals surface area contributed by atoms with Crippen LogP contribution in [0.1, 0.15) is 34.6 Å². The van der Waals surface area contributed by atoms with Crippen molar-refractivity contribution in [2.75, 3.05) is 22.9 Å². The van der Waals surface area contributed by atoms with E-state index in [0.717, 1.165) is 23.6 Å². The minimum atomic E-state index is -0.0375. The van der Waals surface area contributed by atoms with E-state index in [1.807, 2.05) is 43.0 Å². The third kappa shape index (κ3) is 2.63. The summed E-state index contributed by atoms with van der Waals surface area (Å²) in [5, 5.41) is 8.75. The first kappa shape index (κ1) is 15.4. The zero-order chi connectivity index (χ0) is 16.8. The molecule has 1 aromatic carbocycles. The van der Waals surface area contributed by atoms with Crippen molar-refractivity contribution < 1.29 is 4.79 Å². The van der Waals surface area contributed by atoms with Gasteiger partial charge in [0, 0.05) is 24.2 Å². The number of nitrogens with zero attached hydrogens (tertiary/aromatic N) is 4. The third-order valence-electron chi connectivity index (χ3n) is 4.67. The van der Waals surface area contributed by atoms with Crippen LogP contribution in [0.2, 0.25) is 5.02 Å². The third-order valence-corrected chi connectivity index (χ3v) is 4.90. The van der Waals surface area contributed by atoms with Gasteiger partial charge in [0.05, 0.1) is 28.3 Å². The van der Waals surface area contributed by atoms with Gasteiger partial charge in [-0.15, -0.1) is 0 Å². The molecule has 24 heavy (non-hydrogen) atoms. The molecular weight excluding hydrogens is 324 g/mol. The predicted molar refractivity (Wildman–Crippen MR) is 95.0 cm³/mol. The molecule has 1 amide bonds. The largest absolute Gasteiger partial charge is 0.365 e. The number of aryl methyl sites for hydroxylation is 2. The number of carbonyl (C=O) groups is 1. The van der Waals surface area contributed by atoms with Crippen LogP contribution in [-0.2, 0) is 0 Å². The van der Waals surface area contributed by atoms with E-state index >= 15 is 0 Å². The summed E-state index contributed by atoms with van der Waals surface area (Å²) in [5.41, 5.74) is 3.98. The molecular formula is C18H19ClN4O. The number of hydrogen-bond acceptors (Lipinski definition) is 4. The van der Waals surface area contributed by atoms with Crippen molar-refractivity contribution in [2.45, 2.75) is 32.7 Å². The van der Waals surface area contributed by atoms with E-state index in [4.69, 9.17) is 11.6 Å². The summed E-state index contributed by atoms with van der Waals surface area (Å²) in [7, 11) is 0. The highest BCUT2D eigenvalue weighted by Crippen LogP contribution is 2.41. The van der Waals surface area contributed by atoms with Crippen molar-refractivity contribution in [3.05, 3.63) is 46.2 Å². The molecule has 0 radical (unpaired) electrons. The molecule has 2 aliphatic rings. The molecule has 0 bridgehead atoms. The summed E-state index contributed by atoms with van der Waals surface area (Å²) < 4.78 is 0. The fraction of sp³-hybridized carbons (Fsp3) is 0.389. The van der Waals surface area contributed by atoms with Gasteiger partial charge < -0.3 is 9.80 Å². The van der Waals surface area contributed by atoms with Crippen LogP contribution < -0.4 is 9.80 Å². The van der Waals surface area contributed by atoms with E-state index in [-0.39, 0.29) is 5.91 Å². The Labute approximate surface area is 146 Å². The van der Waals surface area contributed by atoms with Crippen molar-refractivity contribution in [1.82, 2.24) is 10.2 Å². The van der Waals surface area contributed by atoms with Crippen LogP contribution in [0.3, 0.4) is 0 Å². The average molecular weight is 343 g/mol. The normalized spacial score (nSPS) is 17.0. The zero-order valence-corrected chi connectivity index (χ0v) is 14.5. The van der Waals surface area contributed by atoms with Crippen LogP contribution in [0.5, 0.6) is 0 Å². The summed E-state index contributed by atoms with van der Waals surface area (Å²) in [6, 6.07) is 8.22. The average Bonchev–Trinajstić information content (AvgIpc) is 3.40. The smallest absolute Gasteiger partial charge is 0.260 e. The van der Waals surface area contributed by atoms with Crippen molar-refractivity contribution >= 4 is 28.9 Å². The molecule has 0 saturated heterocycles. The highest BCUT2D eigenvalue weighted by atomic mass is 35.5. The Kier molecular flexibility index (Phi) is 3.68. The van der Waals surface area contributed by atoms with Gasteiger partial charge in [0.1, 0.15) is 0 Å². The SMILES string of the molecule is Cc1cc(C(=O)N2CCN(C3CC3)c3ccc(Cl)cc32)c(C)nn1. The molecule has 1 aromatic heterocycles. The van der Waals surface area contributed by atoms with Crippen LogP contribution in [0.4, 0.5) is 11.4 Å². The van der Waals surface area contributed by atoms with Crippen molar-refractivity contribution in [3.63, 3.8) is 0 Å². The van der Waals surface area contributed by atoms with Crippen LogP contribution in [-0.4, -0.2) is 35.2 Å². The summed E-state index contributed by atoms with van der Waals surface area (Å²) in [6.45, 7) is 5.17. The Hall–Kier alpha value is -2.14. The van der Waals surface area contributed by atoms with Crippen LogP contribution in [0.15, 0.2) is 24.3 Å². The molecule has 0 spiro atoms. The Morgan fingerprint density at radius 3 is 2.67 bits per heavy atom. The summed E-state index contributed by atoms with van der Waals surface area (Å²) in [6.07, 6.45) is 2.45. The second kappa shape index (κ2) is 5.74. The minimum Gasteiger partial charge on any atom is -0.365 e. The Morgan fingerprint density at radius 2 is 1.92 bits per heavy atom. The molecule has 5 nitrogen and oxygen atoms in total. The van der Waals surface area contributed by atoms with E-state index in [9.17, 15) is 4.79 Å². The van der Waals surface area contributed by atoms with E-state index < -0.39 is 0 Å². The van der Waals surface area contributed by atoms with E-state index in [1.165, 1.54) is 12.8 Å². The first-order valence-corrected chi connectivity index (χ1v) is 8.61. The lowest BCUT2D eigenvalue weighted by Gasteiger charge is -2.38. The molecule has 0 unspecified atom stereocenters. The summed E-state index contributed by atoms with van der Waals surface area (Å²) >= 11 is 6.21. The number of carbonyl (C=O) groups excluding carboxylic acids is 1. The number of halogens is 1. The minimum absolute atomic E-state index is 0.0375. The monoisotopic (exact) mass is 342 g/mol. The van der Waals surface area contributed by atoms with E-state index in [0.29, 0.717) is 28.9 Å². The van der Waals surface area contributed by atoms with Crippen LogP contribution in [0.25, 0.3) is 0 Å². The predicted octanol–water partition coefficient (Wildman–Crippen LogP) is 3.38. The van der Waals surface area contributed by atoms with Gasteiger partial charge in [-0.25, -0.2) is 0 Å². The van der Waals surface area contributed by atoms with Gasteiger partial charge in [0.25, 0.3) is 5.91 Å². The molecule has 1 aliphatic heterocycles. The lowest BCUT2D eigenvalue weighted by molar-refractivity contribution is 0.0985. The molecule has 0 atom stereocenters. The van der Waals surface area contributed by atoms with Crippen LogP contribution >= 0.6 is 11.6 Å². The molecule has 2 heterocycles. The topological polar surface area (TPSA) is 49.3 Å². The lowest BCUT2D eigenvalue weighted by atomic mass is 10.1. The van der Waals surface area contributed by atoms with Gasteiger partial charge in [-0.2, -0.15) is 10.2 Å². The van der Waals surface area contributed by atoms with Gasteiger partial charge in [-0.05, 0) is 51.0 Å². The number of hydrogen-bond donors (Lipinski definition) is 0. The molecule has 1 aliphatic carbocycles. The van der Waals surface area contributed by atoms with Crippen LogP contribution in [0, 0.1) is 13.8 Å². The van der Waals surface area contributed by atoms with Gasteiger partial charge in [0.15, 0.2) is 0 Å². The summed E-state index contributed by atoms with van der Waals surface area (Å²) in [4.78, 5) is 17.4. The standard InChI is InChI=1S/C18H19ClN4O/c1-11-9-15(12(2)21-20-11)18(24)23-8-7-22(14-4-5-14)16-6-3-13(19)10-17(16)23/h3,6,9-10,14H,4-5,7-8H2,1-2H3. The maximum Gasteiger partial charge on any atom is 0.260 e. The fourth-order valence-electron chi connectivity index (χ4n) is 3.29. The number of benzene rings is 1. The molecule has 4 rings (SSSR count). The fourth-order valence-corrected chi connectivity index (χ4v) is 3.46. The highest BCUT2D eigenvalue weighted by Gasteiger charge is 2.36. The van der Waals surface area contributed by atoms with Gasteiger partial charge in [-0.3, -0.25) is 4.79 Å². The van der Waals surface area contributed by atoms with Gasteiger partial charge in [-0.1, -0.05) is 11.6 Å². The molecule has 6 heteroatoms. The molecule has 1 saturated carbocycles. The number of aromatic nitrogens is 2. The second-order valence-electron chi connectivity index (χ2n) is 6.50. The number of amides is 1. The van der Waals surface area contributed by atoms with E-state index in [2.05, 4.69) is 15.1 Å². The Bertz CT molecular complexity index is 819. The van der Waals surface area contributed by atoms with Gasteiger partial charge >= 0.3 is 0 Å². The first-order chi connectivity index (χ1) is 11.5. The summed E-state index contributed by atoms with van der Waals surface area (Å²) in [5.74, 6) is -0.0375. The molecule has 2 aromatic rings. The Morgan fingerprint density at radius 1 is 1.12 bits per heavy atom. The molecule has 0 N–H and O–H groups in total.